The third-order valence-corrected chi connectivity index (χ3v) is 4.91. The van der Waals surface area contributed by atoms with E-state index in [2.05, 4.69) is 36.1 Å². The molecule has 0 spiro atoms. The maximum atomic E-state index is 12.5. The molecule has 0 aliphatic heterocycles. The fourth-order valence-corrected chi connectivity index (χ4v) is 3.08. The van der Waals surface area contributed by atoms with Crippen molar-refractivity contribution >= 4 is 23.3 Å². The third kappa shape index (κ3) is 2.94. The summed E-state index contributed by atoms with van der Waals surface area (Å²) in [4.78, 5) is 20.3. The van der Waals surface area contributed by atoms with Gasteiger partial charge in [0.25, 0.3) is 0 Å². The molecule has 1 fully saturated rings. The Morgan fingerprint density at radius 3 is 2.80 bits per heavy atom. The molecular formula is C14H21ClN4O. The second kappa shape index (κ2) is 5.66. The van der Waals surface area contributed by atoms with E-state index < -0.39 is 0 Å². The predicted octanol–water partition coefficient (Wildman–Crippen LogP) is 2.47. The van der Waals surface area contributed by atoms with Gasteiger partial charge in [-0.15, -0.1) is 0 Å². The number of rotatable bonds is 2. The zero-order valence-electron chi connectivity index (χ0n) is 12.1. The lowest BCUT2D eigenvalue weighted by atomic mass is 9.61. The molecule has 0 saturated heterocycles. The van der Waals surface area contributed by atoms with Gasteiger partial charge in [-0.25, -0.2) is 9.97 Å². The average molecular weight is 297 g/mol. The topological polar surface area (TPSA) is 80.9 Å². The first kappa shape index (κ1) is 15.2. The Morgan fingerprint density at radius 2 is 2.15 bits per heavy atom. The maximum Gasteiger partial charge on any atom is 0.229 e. The number of carbonyl (C=O) groups excluding carboxylic acids is 1. The molecule has 0 radical (unpaired) electrons. The van der Waals surface area contributed by atoms with E-state index in [1.54, 1.807) is 6.07 Å². The van der Waals surface area contributed by atoms with Crippen LogP contribution in [0.1, 0.15) is 33.6 Å². The highest BCUT2D eigenvalue weighted by Gasteiger charge is 2.45. The van der Waals surface area contributed by atoms with E-state index >= 15 is 0 Å². The Balaban J connectivity index is 2.13. The lowest BCUT2D eigenvalue weighted by Gasteiger charge is -2.45. The maximum absolute atomic E-state index is 12.5. The van der Waals surface area contributed by atoms with Crippen LogP contribution in [-0.4, -0.2) is 21.9 Å². The van der Waals surface area contributed by atoms with Gasteiger partial charge in [-0.1, -0.05) is 32.4 Å². The molecule has 1 aliphatic carbocycles. The quantitative estimate of drug-likeness (QED) is 0.822. The highest BCUT2D eigenvalue weighted by atomic mass is 35.5. The molecule has 20 heavy (non-hydrogen) atoms. The van der Waals surface area contributed by atoms with Crippen LogP contribution in [0.3, 0.4) is 0 Å². The van der Waals surface area contributed by atoms with Crippen molar-refractivity contribution in [3.05, 3.63) is 17.5 Å². The number of amides is 1. The van der Waals surface area contributed by atoms with E-state index in [4.69, 9.17) is 17.3 Å². The Hall–Kier alpha value is -1.20. The zero-order valence-corrected chi connectivity index (χ0v) is 12.8. The number of hydrogen-bond acceptors (Lipinski definition) is 4. The summed E-state index contributed by atoms with van der Waals surface area (Å²) in [5.74, 6) is 0.629. The summed E-state index contributed by atoms with van der Waals surface area (Å²) in [6.07, 6.45) is 3.00. The Labute approximate surface area is 124 Å². The molecule has 2 rings (SSSR count). The summed E-state index contributed by atoms with van der Waals surface area (Å²) in [7, 11) is 0. The molecule has 3 atom stereocenters. The van der Waals surface area contributed by atoms with Crippen molar-refractivity contribution in [1.29, 1.82) is 0 Å². The van der Waals surface area contributed by atoms with Gasteiger partial charge < -0.3 is 11.1 Å². The van der Waals surface area contributed by atoms with Crippen molar-refractivity contribution < 1.29 is 4.79 Å². The van der Waals surface area contributed by atoms with Crippen LogP contribution < -0.4 is 11.1 Å². The number of nitrogens with two attached hydrogens (primary N) is 1. The molecule has 0 aromatic carbocycles. The van der Waals surface area contributed by atoms with Gasteiger partial charge in [0.2, 0.25) is 5.91 Å². The normalized spacial score (nSPS) is 28.9. The van der Waals surface area contributed by atoms with E-state index in [9.17, 15) is 4.79 Å². The first-order chi connectivity index (χ1) is 9.32. The first-order valence-electron chi connectivity index (χ1n) is 6.86. The van der Waals surface area contributed by atoms with Crippen LogP contribution in [0.25, 0.3) is 0 Å². The van der Waals surface area contributed by atoms with Crippen molar-refractivity contribution in [1.82, 2.24) is 9.97 Å². The van der Waals surface area contributed by atoms with Crippen LogP contribution in [-0.2, 0) is 4.79 Å². The van der Waals surface area contributed by atoms with E-state index in [0.717, 1.165) is 12.8 Å². The summed E-state index contributed by atoms with van der Waals surface area (Å²) in [6.45, 7) is 6.33. The van der Waals surface area contributed by atoms with E-state index in [-0.39, 0.29) is 23.3 Å². The molecule has 6 heteroatoms. The molecule has 1 aliphatic rings. The van der Waals surface area contributed by atoms with Gasteiger partial charge in [-0.2, -0.15) is 0 Å². The van der Waals surface area contributed by atoms with Crippen LogP contribution in [0, 0.1) is 17.3 Å². The predicted molar refractivity (Wildman–Crippen MR) is 79.3 cm³/mol. The van der Waals surface area contributed by atoms with Gasteiger partial charge in [0.1, 0.15) is 17.3 Å². The van der Waals surface area contributed by atoms with Gasteiger partial charge in [-0.3, -0.25) is 4.79 Å². The van der Waals surface area contributed by atoms with Crippen LogP contribution in [0.5, 0.6) is 0 Å². The number of anilines is 1. The molecule has 0 bridgehead atoms. The van der Waals surface area contributed by atoms with Crippen LogP contribution in [0.15, 0.2) is 12.4 Å². The minimum absolute atomic E-state index is 0.0245. The highest BCUT2D eigenvalue weighted by molar-refractivity contribution is 6.29. The van der Waals surface area contributed by atoms with Crippen molar-refractivity contribution in [2.24, 2.45) is 23.0 Å². The molecule has 1 aromatic rings. The van der Waals surface area contributed by atoms with Crippen LogP contribution in [0.2, 0.25) is 5.15 Å². The van der Waals surface area contributed by atoms with Crippen LogP contribution in [0.4, 0.5) is 5.82 Å². The van der Waals surface area contributed by atoms with E-state index in [0.29, 0.717) is 16.9 Å². The molecule has 1 amide bonds. The number of hydrogen-bond donors (Lipinski definition) is 2. The minimum Gasteiger partial charge on any atom is -0.327 e. The smallest absolute Gasteiger partial charge is 0.229 e. The van der Waals surface area contributed by atoms with Gasteiger partial charge in [0, 0.05) is 18.0 Å². The fraction of sp³-hybridized carbons (Fsp3) is 0.643. The molecule has 1 saturated carbocycles. The molecule has 3 N–H and O–H groups in total. The van der Waals surface area contributed by atoms with Gasteiger partial charge in [0.05, 0.1) is 0 Å². The monoisotopic (exact) mass is 296 g/mol. The summed E-state index contributed by atoms with van der Waals surface area (Å²) >= 11 is 5.79. The Bertz CT molecular complexity index is 506. The summed E-state index contributed by atoms with van der Waals surface area (Å²) < 4.78 is 0. The zero-order chi connectivity index (χ0) is 14.9. The van der Waals surface area contributed by atoms with Gasteiger partial charge in [0.15, 0.2) is 0 Å². The lowest BCUT2D eigenvalue weighted by molar-refractivity contribution is -0.127. The molecule has 5 nitrogen and oxygen atoms in total. The van der Waals surface area contributed by atoms with E-state index in [1.807, 2.05) is 0 Å². The Kier molecular flexibility index (Phi) is 4.30. The highest BCUT2D eigenvalue weighted by Crippen LogP contribution is 2.44. The second-order valence-electron chi connectivity index (χ2n) is 6.12. The molecule has 110 valence electrons. The summed E-state index contributed by atoms with van der Waals surface area (Å²) in [6, 6.07) is 1.70. The van der Waals surface area contributed by atoms with Gasteiger partial charge >= 0.3 is 0 Å². The number of nitrogens with one attached hydrogen (secondary N) is 1. The molecule has 1 aromatic heterocycles. The SMILES string of the molecule is CC1C(N)CCC(C(=O)Nc2cc(Cl)ncn2)C1(C)C. The molecule has 3 unspecified atom stereocenters. The van der Waals surface area contributed by atoms with Crippen LogP contribution >= 0.6 is 11.6 Å². The van der Waals surface area contributed by atoms with Crippen molar-refractivity contribution in [3.8, 4) is 0 Å². The van der Waals surface area contributed by atoms with E-state index in [1.165, 1.54) is 6.33 Å². The second-order valence-corrected chi connectivity index (χ2v) is 6.51. The first-order valence-corrected chi connectivity index (χ1v) is 7.24. The Morgan fingerprint density at radius 1 is 1.45 bits per heavy atom. The average Bonchev–Trinajstić information content (AvgIpc) is 2.36. The number of nitrogens with zero attached hydrogens (tertiary/aromatic N) is 2. The lowest BCUT2D eigenvalue weighted by Crippen LogP contribution is -2.50. The summed E-state index contributed by atoms with van der Waals surface area (Å²) in [5.41, 5.74) is 5.98. The largest absolute Gasteiger partial charge is 0.327 e. The van der Waals surface area contributed by atoms with Crippen molar-refractivity contribution in [2.45, 2.75) is 39.7 Å². The summed E-state index contributed by atoms with van der Waals surface area (Å²) in [5, 5.41) is 3.14. The number of carbonyl (C=O) groups is 1. The standard InChI is InChI=1S/C14H21ClN4O/c1-8-10(16)5-4-9(14(8,2)3)13(20)19-12-6-11(15)17-7-18-12/h6-10H,4-5,16H2,1-3H3,(H,17,18,19,20). The van der Waals surface area contributed by atoms with Crippen molar-refractivity contribution in [2.75, 3.05) is 5.32 Å². The number of aromatic nitrogens is 2. The molecular weight excluding hydrogens is 276 g/mol. The molecule has 1 heterocycles. The fourth-order valence-electron chi connectivity index (χ4n) is 2.93. The van der Waals surface area contributed by atoms with Gasteiger partial charge in [-0.05, 0) is 24.2 Å². The third-order valence-electron chi connectivity index (χ3n) is 4.70. The van der Waals surface area contributed by atoms with Crippen molar-refractivity contribution in [3.63, 3.8) is 0 Å². The minimum atomic E-state index is -0.140. The number of halogens is 1.